The van der Waals surface area contributed by atoms with E-state index in [0.29, 0.717) is 0 Å². The van der Waals surface area contributed by atoms with Gasteiger partial charge in [0, 0.05) is 18.2 Å². The summed E-state index contributed by atoms with van der Waals surface area (Å²) >= 11 is 6.03. The van der Waals surface area contributed by atoms with Gasteiger partial charge in [-0.3, -0.25) is 0 Å². The average molecular weight is 282 g/mol. The molecule has 19 heavy (non-hydrogen) atoms. The maximum Gasteiger partial charge on any atom is 0.0832 e. The third kappa shape index (κ3) is 3.50. The van der Waals surface area contributed by atoms with Crippen molar-refractivity contribution in [1.82, 2.24) is 0 Å². The molecule has 1 unspecified atom stereocenters. The molecule has 1 aromatic carbocycles. The molecule has 106 valence electrons. The van der Waals surface area contributed by atoms with Crippen molar-refractivity contribution in [1.29, 1.82) is 0 Å². The van der Waals surface area contributed by atoms with E-state index in [0.717, 1.165) is 30.2 Å². The number of ether oxygens (including phenoxy) is 1. The van der Waals surface area contributed by atoms with Crippen LogP contribution in [0.2, 0.25) is 5.02 Å². The summed E-state index contributed by atoms with van der Waals surface area (Å²) in [5, 5.41) is 0.772. The van der Waals surface area contributed by atoms with Gasteiger partial charge in [0.05, 0.1) is 5.60 Å². The molecular weight excluding hydrogens is 258 g/mol. The Bertz CT molecular complexity index is 413. The van der Waals surface area contributed by atoms with Gasteiger partial charge in [-0.15, -0.1) is 0 Å². The van der Waals surface area contributed by atoms with Crippen LogP contribution < -0.4 is 5.73 Å². The Hall–Kier alpha value is -0.570. The highest BCUT2D eigenvalue weighted by molar-refractivity contribution is 6.30. The maximum atomic E-state index is 6.45. The second-order valence-corrected chi connectivity index (χ2v) is 6.33. The minimum atomic E-state index is -0.158. The van der Waals surface area contributed by atoms with Gasteiger partial charge in [-0.05, 0) is 55.7 Å². The predicted molar refractivity (Wildman–Crippen MR) is 80.5 cm³/mol. The number of hydrogen-bond acceptors (Lipinski definition) is 2. The second kappa shape index (κ2) is 6.25. The zero-order valence-corrected chi connectivity index (χ0v) is 12.6. The first-order valence-corrected chi connectivity index (χ1v) is 7.49. The van der Waals surface area contributed by atoms with Gasteiger partial charge in [-0.2, -0.15) is 0 Å². The number of methoxy groups -OCH3 is 1. The van der Waals surface area contributed by atoms with Crippen LogP contribution in [0.25, 0.3) is 0 Å². The summed E-state index contributed by atoms with van der Waals surface area (Å²) < 4.78 is 5.83. The summed E-state index contributed by atoms with van der Waals surface area (Å²) in [6.07, 6.45) is 5.36. The highest BCUT2D eigenvalue weighted by Crippen LogP contribution is 2.37. The molecule has 1 aliphatic carbocycles. The lowest BCUT2D eigenvalue weighted by Crippen LogP contribution is -2.52. The smallest absolute Gasteiger partial charge is 0.0832 e. The summed E-state index contributed by atoms with van der Waals surface area (Å²) in [5.41, 5.74) is 7.49. The Balaban J connectivity index is 2.06. The van der Waals surface area contributed by atoms with Crippen molar-refractivity contribution in [3.63, 3.8) is 0 Å². The maximum absolute atomic E-state index is 6.45. The molecule has 1 aliphatic rings. The Morgan fingerprint density at radius 2 is 2.11 bits per heavy atom. The van der Waals surface area contributed by atoms with Crippen molar-refractivity contribution in [3.05, 3.63) is 34.9 Å². The molecule has 0 amide bonds. The van der Waals surface area contributed by atoms with E-state index in [4.69, 9.17) is 22.1 Å². The van der Waals surface area contributed by atoms with E-state index in [1.807, 2.05) is 18.2 Å². The van der Waals surface area contributed by atoms with Gasteiger partial charge < -0.3 is 10.5 Å². The number of rotatable bonds is 4. The molecule has 1 aromatic rings. The van der Waals surface area contributed by atoms with E-state index in [1.165, 1.54) is 18.4 Å². The molecule has 0 aliphatic heterocycles. The lowest BCUT2D eigenvalue weighted by atomic mass is 9.74. The van der Waals surface area contributed by atoms with Gasteiger partial charge in [0.15, 0.2) is 0 Å². The fourth-order valence-corrected chi connectivity index (χ4v) is 3.29. The van der Waals surface area contributed by atoms with Crippen molar-refractivity contribution in [2.24, 2.45) is 11.7 Å². The molecule has 0 saturated heterocycles. The van der Waals surface area contributed by atoms with Crippen LogP contribution in [0.4, 0.5) is 0 Å². The second-order valence-electron chi connectivity index (χ2n) is 5.89. The topological polar surface area (TPSA) is 35.2 Å². The van der Waals surface area contributed by atoms with Crippen molar-refractivity contribution in [2.45, 2.75) is 50.7 Å². The quantitative estimate of drug-likeness (QED) is 0.911. The first-order chi connectivity index (χ1) is 9.05. The van der Waals surface area contributed by atoms with E-state index < -0.39 is 0 Å². The fourth-order valence-electron chi connectivity index (χ4n) is 3.08. The van der Waals surface area contributed by atoms with Gasteiger partial charge in [0.1, 0.15) is 0 Å². The highest BCUT2D eigenvalue weighted by atomic mass is 35.5. The van der Waals surface area contributed by atoms with Crippen LogP contribution in [0.1, 0.15) is 38.2 Å². The molecule has 2 rings (SSSR count). The van der Waals surface area contributed by atoms with Gasteiger partial charge in [-0.25, -0.2) is 0 Å². The summed E-state index contributed by atoms with van der Waals surface area (Å²) in [7, 11) is 1.80. The highest BCUT2D eigenvalue weighted by Gasteiger charge is 2.39. The van der Waals surface area contributed by atoms with Crippen LogP contribution in [0.5, 0.6) is 0 Å². The third-order valence-corrected chi connectivity index (χ3v) is 4.78. The predicted octanol–water partition coefficient (Wildman–Crippen LogP) is 3.81. The van der Waals surface area contributed by atoms with Crippen molar-refractivity contribution in [2.75, 3.05) is 7.11 Å². The zero-order valence-electron chi connectivity index (χ0n) is 11.9. The largest absolute Gasteiger partial charge is 0.377 e. The lowest BCUT2D eigenvalue weighted by Gasteiger charge is -2.42. The molecular formula is C16H24ClNO. The molecule has 3 heteroatoms. The summed E-state index contributed by atoms with van der Waals surface area (Å²) in [6, 6.07) is 7.98. The fraction of sp³-hybridized carbons (Fsp3) is 0.625. The van der Waals surface area contributed by atoms with Crippen LogP contribution in [-0.4, -0.2) is 18.8 Å². The van der Waals surface area contributed by atoms with E-state index >= 15 is 0 Å². The van der Waals surface area contributed by atoms with E-state index in [-0.39, 0.29) is 11.6 Å². The summed E-state index contributed by atoms with van der Waals surface area (Å²) in [5.74, 6) is 0.793. The molecule has 1 saturated carbocycles. The number of nitrogens with two attached hydrogens (primary N) is 1. The minimum absolute atomic E-state index is 0.0310. The van der Waals surface area contributed by atoms with E-state index in [9.17, 15) is 0 Å². The Labute approximate surface area is 121 Å². The molecule has 0 spiro atoms. The first kappa shape index (κ1) is 14.8. The van der Waals surface area contributed by atoms with Gasteiger partial charge >= 0.3 is 0 Å². The van der Waals surface area contributed by atoms with Crippen LogP contribution in [0.15, 0.2) is 24.3 Å². The van der Waals surface area contributed by atoms with Crippen LogP contribution in [-0.2, 0) is 11.2 Å². The van der Waals surface area contributed by atoms with Crippen LogP contribution in [0.3, 0.4) is 0 Å². The van der Waals surface area contributed by atoms with Crippen molar-refractivity contribution >= 4 is 11.6 Å². The number of hydrogen-bond donors (Lipinski definition) is 1. The molecule has 0 radical (unpaired) electrons. The van der Waals surface area contributed by atoms with E-state index in [1.54, 1.807) is 7.11 Å². The normalized spacial score (nSPS) is 29.2. The van der Waals surface area contributed by atoms with Crippen molar-refractivity contribution < 1.29 is 4.74 Å². The summed E-state index contributed by atoms with van der Waals surface area (Å²) in [4.78, 5) is 0. The standard InChI is InChI=1S/C16H24ClNO/c1-12-6-8-16(19-2,9-7-12)15(18)11-13-4-3-5-14(17)10-13/h3-5,10,12,15H,6-9,11,18H2,1-2H3. The minimum Gasteiger partial charge on any atom is -0.377 e. The Morgan fingerprint density at radius 1 is 1.42 bits per heavy atom. The van der Waals surface area contributed by atoms with Crippen LogP contribution >= 0.6 is 11.6 Å². The zero-order chi connectivity index (χ0) is 13.9. The molecule has 1 fully saturated rings. The Morgan fingerprint density at radius 3 is 2.68 bits per heavy atom. The van der Waals surface area contributed by atoms with Crippen molar-refractivity contribution in [3.8, 4) is 0 Å². The molecule has 1 atom stereocenters. The Kier molecular flexibility index (Phi) is 4.88. The molecule has 0 aromatic heterocycles. The molecule has 2 N–H and O–H groups in total. The van der Waals surface area contributed by atoms with E-state index in [2.05, 4.69) is 13.0 Å². The third-order valence-electron chi connectivity index (χ3n) is 4.55. The first-order valence-electron chi connectivity index (χ1n) is 7.11. The lowest BCUT2D eigenvalue weighted by molar-refractivity contribution is -0.0659. The SMILES string of the molecule is COC1(C(N)Cc2cccc(Cl)c2)CCC(C)CC1. The number of halogens is 1. The monoisotopic (exact) mass is 281 g/mol. The molecule has 0 bridgehead atoms. The van der Waals surface area contributed by atoms with Gasteiger partial charge in [0.2, 0.25) is 0 Å². The average Bonchev–Trinajstić information content (AvgIpc) is 2.40. The number of benzene rings is 1. The molecule has 0 heterocycles. The van der Waals surface area contributed by atoms with Gasteiger partial charge in [0.25, 0.3) is 0 Å². The molecule has 2 nitrogen and oxygen atoms in total. The van der Waals surface area contributed by atoms with Crippen LogP contribution in [0, 0.1) is 5.92 Å². The van der Waals surface area contributed by atoms with Gasteiger partial charge in [-0.1, -0.05) is 30.7 Å². The summed E-state index contributed by atoms with van der Waals surface area (Å²) in [6.45, 7) is 2.31.